The number of halogens is 2. The minimum Gasteiger partial charge on any atom is -0.373 e. The van der Waals surface area contributed by atoms with Gasteiger partial charge in [-0.25, -0.2) is 0 Å². The molecule has 5 heteroatoms. The van der Waals surface area contributed by atoms with Gasteiger partial charge in [0.15, 0.2) is 0 Å². The average Bonchev–Trinajstić information content (AvgIpc) is 2.33. The van der Waals surface area contributed by atoms with E-state index in [4.69, 9.17) is 11.6 Å². The summed E-state index contributed by atoms with van der Waals surface area (Å²) in [4.78, 5) is 11.9. The molecule has 0 aliphatic carbocycles. The summed E-state index contributed by atoms with van der Waals surface area (Å²) in [5, 5.41) is 6.71. The van der Waals surface area contributed by atoms with E-state index in [0.29, 0.717) is 5.02 Å². The zero-order valence-corrected chi connectivity index (χ0v) is 13.1. The summed E-state index contributed by atoms with van der Waals surface area (Å²) in [5.74, 6) is -0.0174. The zero-order chi connectivity index (χ0) is 13.7. The number of rotatable bonds is 5. The molecule has 3 nitrogen and oxygen atoms in total. The number of nitrogens with one attached hydrogen (secondary N) is 2. The standard InChI is InChI=1S/C13H18BrClN2O/c1-4-8(2)16-13(18)9(3)17-12-7-10(15)5-6-11(12)14/h5-9,17H,4H2,1-3H3,(H,16,18). The molecule has 0 aromatic heterocycles. The highest BCUT2D eigenvalue weighted by atomic mass is 79.9. The van der Waals surface area contributed by atoms with Gasteiger partial charge in [-0.1, -0.05) is 18.5 Å². The molecule has 2 N–H and O–H groups in total. The SMILES string of the molecule is CCC(C)NC(=O)C(C)Nc1cc(Cl)ccc1Br. The second kappa shape index (κ2) is 7.00. The Morgan fingerprint density at radius 3 is 2.72 bits per heavy atom. The monoisotopic (exact) mass is 332 g/mol. The number of hydrogen-bond acceptors (Lipinski definition) is 2. The van der Waals surface area contributed by atoms with E-state index >= 15 is 0 Å². The minimum atomic E-state index is -0.311. The van der Waals surface area contributed by atoms with Gasteiger partial charge >= 0.3 is 0 Å². The van der Waals surface area contributed by atoms with Crippen molar-refractivity contribution in [3.05, 3.63) is 27.7 Å². The van der Waals surface area contributed by atoms with Crippen molar-refractivity contribution in [1.82, 2.24) is 5.32 Å². The van der Waals surface area contributed by atoms with Crippen LogP contribution in [-0.4, -0.2) is 18.0 Å². The molecule has 0 fully saturated rings. The molecule has 0 spiro atoms. The first-order chi connectivity index (χ1) is 8.43. The summed E-state index contributed by atoms with van der Waals surface area (Å²) in [7, 11) is 0. The van der Waals surface area contributed by atoms with Crippen LogP contribution in [0.2, 0.25) is 5.02 Å². The molecule has 2 atom stereocenters. The lowest BCUT2D eigenvalue weighted by Crippen LogP contribution is -2.41. The first-order valence-corrected chi connectivity index (χ1v) is 7.13. The quantitative estimate of drug-likeness (QED) is 0.860. The van der Waals surface area contributed by atoms with Crippen molar-refractivity contribution in [2.24, 2.45) is 0 Å². The molecule has 100 valence electrons. The maximum absolute atomic E-state index is 11.9. The Hall–Kier alpha value is -0.740. The molecular formula is C13H18BrClN2O. The summed E-state index contributed by atoms with van der Waals surface area (Å²) in [6.07, 6.45) is 0.916. The summed E-state index contributed by atoms with van der Waals surface area (Å²) in [6.45, 7) is 5.85. The van der Waals surface area contributed by atoms with E-state index in [1.54, 1.807) is 12.1 Å². The van der Waals surface area contributed by atoms with Gasteiger partial charge in [0.25, 0.3) is 0 Å². The molecule has 0 aliphatic rings. The van der Waals surface area contributed by atoms with Crippen LogP contribution in [-0.2, 0) is 4.79 Å². The second-order valence-electron chi connectivity index (χ2n) is 4.31. The lowest BCUT2D eigenvalue weighted by atomic mass is 10.2. The van der Waals surface area contributed by atoms with E-state index in [-0.39, 0.29) is 18.0 Å². The van der Waals surface area contributed by atoms with E-state index < -0.39 is 0 Å². The van der Waals surface area contributed by atoms with Crippen LogP contribution in [0.15, 0.2) is 22.7 Å². The minimum absolute atomic E-state index is 0.0174. The smallest absolute Gasteiger partial charge is 0.242 e. The van der Waals surface area contributed by atoms with Crippen LogP contribution < -0.4 is 10.6 Å². The molecule has 0 saturated carbocycles. The summed E-state index contributed by atoms with van der Waals surface area (Å²) in [5.41, 5.74) is 0.814. The number of benzene rings is 1. The Bertz CT molecular complexity index is 425. The summed E-state index contributed by atoms with van der Waals surface area (Å²) >= 11 is 9.34. The fourth-order valence-corrected chi connectivity index (χ4v) is 1.91. The van der Waals surface area contributed by atoms with Crippen molar-refractivity contribution in [1.29, 1.82) is 0 Å². The number of carbonyl (C=O) groups is 1. The lowest BCUT2D eigenvalue weighted by molar-refractivity contribution is -0.122. The molecular weight excluding hydrogens is 316 g/mol. The van der Waals surface area contributed by atoms with Gasteiger partial charge in [-0.2, -0.15) is 0 Å². The molecule has 0 saturated heterocycles. The highest BCUT2D eigenvalue weighted by Gasteiger charge is 2.15. The maximum atomic E-state index is 11.9. The molecule has 2 unspecified atom stereocenters. The molecule has 1 rings (SSSR count). The van der Waals surface area contributed by atoms with Gasteiger partial charge in [0.2, 0.25) is 5.91 Å². The van der Waals surface area contributed by atoms with Crippen molar-refractivity contribution in [3.8, 4) is 0 Å². The molecule has 0 radical (unpaired) electrons. The van der Waals surface area contributed by atoms with Crippen LogP contribution in [0.4, 0.5) is 5.69 Å². The van der Waals surface area contributed by atoms with Crippen LogP contribution in [0.1, 0.15) is 27.2 Å². The van der Waals surface area contributed by atoms with E-state index in [1.807, 2.05) is 26.8 Å². The van der Waals surface area contributed by atoms with Gasteiger partial charge in [0, 0.05) is 15.5 Å². The molecule has 1 amide bonds. The third-order valence-corrected chi connectivity index (χ3v) is 3.62. The van der Waals surface area contributed by atoms with Crippen LogP contribution >= 0.6 is 27.5 Å². The second-order valence-corrected chi connectivity index (χ2v) is 5.60. The number of anilines is 1. The average molecular weight is 334 g/mol. The van der Waals surface area contributed by atoms with Crippen molar-refractivity contribution < 1.29 is 4.79 Å². The Morgan fingerprint density at radius 1 is 1.44 bits per heavy atom. The van der Waals surface area contributed by atoms with E-state index in [2.05, 4.69) is 26.6 Å². The van der Waals surface area contributed by atoms with Crippen LogP contribution in [0.3, 0.4) is 0 Å². The predicted molar refractivity (Wildman–Crippen MR) is 80.1 cm³/mol. The van der Waals surface area contributed by atoms with E-state index in [9.17, 15) is 4.79 Å². The lowest BCUT2D eigenvalue weighted by Gasteiger charge is -2.19. The number of hydrogen-bond donors (Lipinski definition) is 2. The first kappa shape index (κ1) is 15.3. The summed E-state index contributed by atoms with van der Waals surface area (Å²) in [6, 6.07) is 5.31. The number of amides is 1. The van der Waals surface area contributed by atoms with Crippen LogP contribution in [0.5, 0.6) is 0 Å². The Labute approximate surface area is 121 Å². The molecule has 0 aliphatic heterocycles. The maximum Gasteiger partial charge on any atom is 0.242 e. The van der Waals surface area contributed by atoms with E-state index in [1.165, 1.54) is 0 Å². The van der Waals surface area contributed by atoms with Gasteiger partial charge < -0.3 is 10.6 Å². The summed E-state index contributed by atoms with van der Waals surface area (Å²) < 4.78 is 0.884. The van der Waals surface area contributed by atoms with Gasteiger partial charge in [-0.3, -0.25) is 4.79 Å². The molecule has 1 aromatic rings. The third kappa shape index (κ3) is 4.50. The molecule has 1 aromatic carbocycles. The number of carbonyl (C=O) groups excluding carboxylic acids is 1. The normalized spacial score (nSPS) is 13.8. The largest absolute Gasteiger partial charge is 0.373 e. The van der Waals surface area contributed by atoms with Crippen molar-refractivity contribution >= 4 is 39.1 Å². The van der Waals surface area contributed by atoms with E-state index in [0.717, 1.165) is 16.6 Å². The molecule has 0 bridgehead atoms. The Balaban J connectivity index is 2.66. The van der Waals surface area contributed by atoms with Gasteiger partial charge in [-0.05, 0) is 54.4 Å². The molecule has 18 heavy (non-hydrogen) atoms. The zero-order valence-electron chi connectivity index (χ0n) is 10.8. The third-order valence-electron chi connectivity index (χ3n) is 2.69. The first-order valence-electron chi connectivity index (χ1n) is 5.96. The van der Waals surface area contributed by atoms with Crippen molar-refractivity contribution in [3.63, 3.8) is 0 Å². The van der Waals surface area contributed by atoms with Gasteiger partial charge in [0.05, 0.1) is 5.69 Å². The fourth-order valence-electron chi connectivity index (χ4n) is 1.38. The van der Waals surface area contributed by atoms with Gasteiger partial charge in [-0.15, -0.1) is 0 Å². The highest BCUT2D eigenvalue weighted by molar-refractivity contribution is 9.10. The van der Waals surface area contributed by atoms with Crippen LogP contribution in [0, 0.1) is 0 Å². The molecule has 0 heterocycles. The Morgan fingerprint density at radius 2 is 2.11 bits per heavy atom. The predicted octanol–water partition coefficient (Wildman–Crippen LogP) is 3.82. The van der Waals surface area contributed by atoms with Crippen molar-refractivity contribution in [2.75, 3.05) is 5.32 Å². The highest BCUT2D eigenvalue weighted by Crippen LogP contribution is 2.26. The Kier molecular flexibility index (Phi) is 5.96. The van der Waals surface area contributed by atoms with Crippen molar-refractivity contribution in [2.45, 2.75) is 39.3 Å². The fraction of sp³-hybridized carbons (Fsp3) is 0.462. The van der Waals surface area contributed by atoms with Gasteiger partial charge in [0.1, 0.15) is 6.04 Å². The topological polar surface area (TPSA) is 41.1 Å². The van der Waals surface area contributed by atoms with Crippen LogP contribution in [0.25, 0.3) is 0 Å².